The van der Waals surface area contributed by atoms with Crippen molar-refractivity contribution in [3.05, 3.63) is 22.6 Å². The van der Waals surface area contributed by atoms with Gasteiger partial charge in [0.2, 0.25) is 0 Å². The average molecular weight is 260 g/mol. The van der Waals surface area contributed by atoms with Gasteiger partial charge >= 0.3 is 0 Å². The van der Waals surface area contributed by atoms with Crippen LogP contribution in [0.4, 0.5) is 0 Å². The highest BCUT2D eigenvalue weighted by Crippen LogP contribution is 2.24. The van der Waals surface area contributed by atoms with E-state index < -0.39 is 0 Å². The van der Waals surface area contributed by atoms with Gasteiger partial charge in [0, 0.05) is 25.2 Å². The molecular formula is C10H14BrNO2. The quantitative estimate of drug-likeness (QED) is 0.885. The lowest BCUT2D eigenvalue weighted by Gasteiger charge is -2.32. The lowest BCUT2D eigenvalue weighted by Crippen LogP contribution is -2.46. The number of hydrogen-bond donors (Lipinski definition) is 1. The maximum absolute atomic E-state index is 6.25. The van der Waals surface area contributed by atoms with Crippen molar-refractivity contribution in [2.45, 2.75) is 24.8 Å². The molecule has 0 spiro atoms. The molecule has 0 unspecified atom stereocenters. The molecule has 3 nitrogen and oxygen atoms in total. The normalized spacial score (nSPS) is 21.0. The van der Waals surface area contributed by atoms with Crippen LogP contribution in [0.15, 0.2) is 21.2 Å². The van der Waals surface area contributed by atoms with Crippen LogP contribution < -0.4 is 5.73 Å². The summed E-state index contributed by atoms with van der Waals surface area (Å²) in [5.41, 5.74) is 6.10. The van der Waals surface area contributed by atoms with Crippen LogP contribution in [0.5, 0.6) is 0 Å². The second-order valence-electron chi connectivity index (χ2n) is 3.86. The second-order valence-corrected chi connectivity index (χ2v) is 4.64. The third kappa shape index (κ3) is 2.38. The van der Waals surface area contributed by atoms with E-state index in [1.807, 2.05) is 12.1 Å². The molecule has 0 atom stereocenters. The Balaban J connectivity index is 2.01. The molecule has 1 saturated heterocycles. The van der Waals surface area contributed by atoms with E-state index in [-0.39, 0.29) is 5.54 Å². The zero-order valence-corrected chi connectivity index (χ0v) is 9.55. The first-order chi connectivity index (χ1) is 6.68. The van der Waals surface area contributed by atoms with E-state index in [1.54, 1.807) is 0 Å². The van der Waals surface area contributed by atoms with Crippen LogP contribution in [0.2, 0.25) is 0 Å². The van der Waals surface area contributed by atoms with Gasteiger partial charge < -0.3 is 14.9 Å². The van der Waals surface area contributed by atoms with E-state index in [0.717, 1.165) is 42.9 Å². The Bertz CT molecular complexity index is 305. The summed E-state index contributed by atoms with van der Waals surface area (Å²) in [4.78, 5) is 0. The summed E-state index contributed by atoms with van der Waals surface area (Å²) in [5, 5.41) is 0. The molecule has 4 heteroatoms. The zero-order chi connectivity index (χ0) is 10.0. The fourth-order valence-electron chi connectivity index (χ4n) is 1.75. The predicted octanol–water partition coefficient (Wildman–Crippen LogP) is 2.09. The van der Waals surface area contributed by atoms with Crippen molar-refractivity contribution in [2.24, 2.45) is 5.73 Å². The Labute approximate surface area is 91.7 Å². The van der Waals surface area contributed by atoms with Gasteiger partial charge in [-0.1, -0.05) is 0 Å². The Morgan fingerprint density at radius 1 is 1.36 bits per heavy atom. The van der Waals surface area contributed by atoms with Crippen LogP contribution in [0.3, 0.4) is 0 Å². The number of halogens is 1. The molecule has 1 fully saturated rings. The van der Waals surface area contributed by atoms with Crippen LogP contribution in [0.1, 0.15) is 18.6 Å². The van der Waals surface area contributed by atoms with Crippen molar-refractivity contribution >= 4 is 15.9 Å². The van der Waals surface area contributed by atoms with Gasteiger partial charge in [0.25, 0.3) is 0 Å². The summed E-state index contributed by atoms with van der Waals surface area (Å²) >= 11 is 3.28. The van der Waals surface area contributed by atoms with Crippen LogP contribution in [-0.4, -0.2) is 18.8 Å². The first kappa shape index (κ1) is 10.2. The fraction of sp³-hybridized carbons (Fsp3) is 0.600. The third-order valence-electron chi connectivity index (χ3n) is 2.64. The number of furan rings is 1. The molecule has 2 N–H and O–H groups in total. The van der Waals surface area contributed by atoms with Gasteiger partial charge in [-0.25, -0.2) is 0 Å². The smallest absolute Gasteiger partial charge is 0.169 e. The van der Waals surface area contributed by atoms with Crippen LogP contribution >= 0.6 is 15.9 Å². The summed E-state index contributed by atoms with van der Waals surface area (Å²) in [5.74, 6) is 0.946. The zero-order valence-electron chi connectivity index (χ0n) is 7.96. The molecule has 0 aromatic carbocycles. The van der Waals surface area contributed by atoms with Crippen molar-refractivity contribution in [3.8, 4) is 0 Å². The number of nitrogens with two attached hydrogens (primary N) is 1. The molecule has 0 saturated carbocycles. The maximum Gasteiger partial charge on any atom is 0.169 e. The molecule has 78 valence electrons. The van der Waals surface area contributed by atoms with E-state index in [0.29, 0.717) is 0 Å². The first-order valence-corrected chi connectivity index (χ1v) is 5.58. The van der Waals surface area contributed by atoms with Crippen LogP contribution in [0, 0.1) is 0 Å². The summed E-state index contributed by atoms with van der Waals surface area (Å²) in [6.45, 7) is 1.52. The van der Waals surface area contributed by atoms with Crippen molar-refractivity contribution in [1.82, 2.24) is 0 Å². The number of ether oxygens (including phenoxy) is 1. The fourth-order valence-corrected chi connectivity index (χ4v) is 2.09. The van der Waals surface area contributed by atoms with E-state index in [2.05, 4.69) is 15.9 Å². The van der Waals surface area contributed by atoms with E-state index >= 15 is 0 Å². The van der Waals surface area contributed by atoms with E-state index in [4.69, 9.17) is 14.9 Å². The SMILES string of the molecule is NC1(Cc2ccc(Br)o2)CCOCC1. The highest BCUT2D eigenvalue weighted by atomic mass is 79.9. The van der Waals surface area contributed by atoms with Crippen LogP contribution in [0.25, 0.3) is 0 Å². The van der Waals surface area contributed by atoms with Crippen LogP contribution in [-0.2, 0) is 11.2 Å². The lowest BCUT2D eigenvalue weighted by molar-refractivity contribution is 0.0516. The maximum atomic E-state index is 6.25. The standard InChI is InChI=1S/C10H14BrNO2/c11-9-2-1-8(14-9)7-10(12)3-5-13-6-4-10/h1-2H,3-7,12H2. The minimum Gasteiger partial charge on any atom is -0.454 e. The molecule has 1 aromatic rings. The molecular weight excluding hydrogens is 246 g/mol. The van der Waals surface area contributed by atoms with Gasteiger partial charge in [0.15, 0.2) is 4.67 Å². The Morgan fingerprint density at radius 3 is 2.64 bits per heavy atom. The summed E-state index contributed by atoms with van der Waals surface area (Å²) in [7, 11) is 0. The minimum absolute atomic E-state index is 0.143. The summed E-state index contributed by atoms with van der Waals surface area (Å²) in [6.07, 6.45) is 2.61. The van der Waals surface area contributed by atoms with E-state index in [9.17, 15) is 0 Å². The minimum atomic E-state index is -0.143. The van der Waals surface area contributed by atoms with Gasteiger partial charge in [0.1, 0.15) is 5.76 Å². The van der Waals surface area contributed by atoms with Crippen molar-refractivity contribution in [2.75, 3.05) is 13.2 Å². The second kappa shape index (κ2) is 4.04. The molecule has 0 amide bonds. The number of hydrogen-bond acceptors (Lipinski definition) is 3. The molecule has 0 bridgehead atoms. The summed E-state index contributed by atoms with van der Waals surface area (Å²) < 4.78 is 11.5. The van der Waals surface area contributed by atoms with E-state index in [1.165, 1.54) is 0 Å². The molecule has 0 aliphatic carbocycles. The highest BCUT2D eigenvalue weighted by Gasteiger charge is 2.29. The Kier molecular flexibility index (Phi) is 2.95. The van der Waals surface area contributed by atoms with Gasteiger partial charge in [-0.05, 0) is 40.9 Å². The lowest BCUT2D eigenvalue weighted by atomic mass is 9.87. The highest BCUT2D eigenvalue weighted by molar-refractivity contribution is 9.10. The topological polar surface area (TPSA) is 48.4 Å². The number of rotatable bonds is 2. The van der Waals surface area contributed by atoms with Crippen molar-refractivity contribution in [1.29, 1.82) is 0 Å². The van der Waals surface area contributed by atoms with Gasteiger partial charge in [-0.2, -0.15) is 0 Å². The monoisotopic (exact) mass is 259 g/mol. The third-order valence-corrected chi connectivity index (χ3v) is 3.07. The molecule has 2 heterocycles. The molecule has 1 aliphatic heterocycles. The Morgan fingerprint density at radius 2 is 2.07 bits per heavy atom. The van der Waals surface area contributed by atoms with Crippen molar-refractivity contribution in [3.63, 3.8) is 0 Å². The molecule has 1 aliphatic rings. The predicted molar refractivity (Wildman–Crippen MR) is 57.1 cm³/mol. The van der Waals surface area contributed by atoms with Gasteiger partial charge in [-0.3, -0.25) is 0 Å². The van der Waals surface area contributed by atoms with Gasteiger partial charge in [-0.15, -0.1) is 0 Å². The summed E-state index contributed by atoms with van der Waals surface area (Å²) in [6, 6.07) is 3.87. The molecule has 2 rings (SSSR count). The van der Waals surface area contributed by atoms with Crippen molar-refractivity contribution < 1.29 is 9.15 Å². The van der Waals surface area contributed by atoms with Gasteiger partial charge in [0.05, 0.1) is 0 Å². The largest absolute Gasteiger partial charge is 0.454 e. The first-order valence-electron chi connectivity index (χ1n) is 4.79. The molecule has 0 radical (unpaired) electrons. The molecule has 14 heavy (non-hydrogen) atoms. The average Bonchev–Trinajstić information content (AvgIpc) is 2.51. The molecule has 1 aromatic heterocycles. The Hall–Kier alpha value is -0.320.